The molecule has 28 heavy (non-hydrogen) atoms. The van der Waals surface area contributed by atoms with Crippen molar-refractivity contribution in [2.75, 3.05) is 0 Å². The molecule has 5 rings (SSSR count). The molecule has 0 fully saturated rings. The van der Waals surface area contributed by atoms with Crippen LogP contribution in [0.15, 0.2) is 71.5 Å². The SMILES string of the molecule is CC(C)Cc1nc2ccc(Oc3ccccc3)c3c(=O)c4ccccc4n1c23. The molecule has 0 aliphatic carbocycles. The summed E-state index contributed by atoms with van der Waals surface area (Å²) in [5, 5.41) is 1.27. The molecule has 0 atom stereocenters. The Morgan fingerprint density at radius 2 is 1.71 bits per heavy atom. The van der Waals surface area contributed by atoms with E-state index >= 15 is 0 Å². The molecule has 0 aliphatic heterocycles. The van der Waals surface area contributed by atoms with Crippen molar-refractivity contribution in [3.8, 4) is 11.5 Å². The van der Waals surface area contributed by atoms with Crippen molar-refractivity contribution < 1.29 is 4.74 Å². The number of hydrogen-bond acceptors (Lipinski definition) is 3. The first-order chi connectivity index (χ1) is 13.6. The van der Waals surface area contributed by atoms with E-state index in [1.54, 1.807) is 0 Å². The number of pyridine rings is 1. The molecule has 0 radical (unpaired) electrons. The first-order valence-corrected chi connectivity index (χ1v) is 9.55. The highest BCUT2D eigenvalue weighted by Crippen LogP contribution is 2.34. The summed E-state index contributed by atoms with van der Waals surface area (Å²) in [4.78, 5) is 18.3. The van der Waals surface area contributed by atoms with Gasteiger partial charge in [-0.05, 0) is 42.3 Å². The van der Waals surface area contributed by atoms with Crippen LogP contribution in [0.5, 0.6) is 11.5 Å². The highest BCUT2D eigenvalue weighted by atomic mass is 16.5. The third-order valence-corrected chi connectivity index (χ3v) is 5.03. The number of aromatic nitrogens is 2. The Hall–Kier alpha value is -3.40. The molecule has 138 valence electrons. The summed E-state index contributed by atoms with van der Waals surface area (Å²) in [6.45, 7) is 4.36. The van der Waals surface area contributed by atoms with Crippen LogP contribution in [0.1, 0.15) is 19.7 Å². The first-order valence-electron chi connectivity index (χ1n) is 9.55. The predicted octanol–water partition coefficient (Wildman–Crippen LogP) is 5.43. The molecule has 2 aromatic heterocycles. The Morgan fingerprint density at radius 3 is 2.50 bits per heavy atom. The Kier molecular flexibility index (Phi) is 3.79. The van der Waals surface area contributed by atoms with Gasteiger partial charge in [0.25, 0.3) is 0 Å². The molecule has 0 spiro atoms. The quantitative estimate of drug-likeness (QED) is 0.397. The molecule has 4 nitrogen and oxygen atoms in total. The van der Waals surface area contributed by atoms with Crippen LogP contribution in [0, 0.1) is 5.92 Å². The second-order valence-corrected chi connectivity index (χ2v) is 7.53. The number of hydrogen-bond donors (Lipinski definition) is 0. The molecule has 0 saturated heterocycles. The van der Waals surface area contributed by atoms with Gasteiger partial charge in [-0.1, -0.05) is 44.2 Å². The third kappa shape index (κ3) is 2.53. The van der Waals surface area contributed by atoms with Crippen molar-refractivity contribution in [3.05, 3.63) is 82.8 Å². The van der Waals surface area contributed by atoms with Crippen LogP contribution >= 0.6 is 0 Å². The van der Waals surface area contributed by atoms with Crippen LogP contribution in [-0.4, -0.2) is 9.38 Å². The van der Waals surface area contributed by atoms with Crippen molar-refractivity contribution in [3.63, 3.8) is 0 Å². The molecule has 0 unspecified atom stereocenters. The fourth-order valence-corrected chi connectivity index (χ4v) is 3.87. The Bertz CT molecular complexity index is 1350. The van der Waals surface area contributed by atoms with Gasteiger partial charge in [0.15, 0.2) is 0 Å². The molecule has 4 heteroatoms. The van der Waals surface area contributed by atoms with E-state index in [4.69, 9.17) is 9.72 Å². The minimum Gasteiger partial charge on any atom is -0.457 e. The van der Waals surface area contributed by atoms with Crippen molar-refractivity contribution >= 4 is 27.3 Å². The van der Waals surface area contributed by atoms with Gasteiger partial charge in [0.2, 0.25) is 5.43 Å². The third-order valence-electron chi connectivity index (χ3n) is 5.03. The largest absolute Gasteiger partial charge is 0.457 e. The lowest BCUT2D eigenvalue weighted by Gasteiger charge is -2.12. The van der Waals surface area contributed by atoms with Crippen molar-refractivity contribution in [1.29, 1.82) is 0 Å². The van der Waals surface area contributed by atoms with E-state index in [-0.39, 0.29) is 5.43 Å². The summed E-state index contributed by atoms with van der Waals surface area (Å²) < 4.78 is 8.25. The Morgan fingerprint density at radius 1 is 0.964 bits per heavy atom. The summed E-state index contributed by atoms with van der Waals surface area (Å²) >= 11 is 0. The van der Waals surface area contributed by atoms with E-state index in [0.29, 0.717) is 28.2 Å². The van der Waals surface area contributed by atoms with Crippen molar-refractivity contribution in [1.82, 2.24) is 9.38 Å². The van der Waals surface area contributed by atoms with E-state index in [9.17, 15) is 4.79 Å². The molecule has 3 aromatic carbocycles. The zero-order valence-electron chi connectivity index (χ0n) is 15.8. The summed E-state index contributed by atoms with van der Waals surface area (Å²) in [7, 11) is 0. The van der Waals surface area contributed by atoms with Gasteiger partial charge >= 0.3 is 0 Å². The minimum atomic E-state index is -0.0179. The zero-order chi connectivity index (χ0) is 19.3. The summed E-state index contributed by atoms with van der Waals surface area (Å²) in [5.74, 6) is 2.71. The Labute approximate surface area is 162 Å². The number of rotatable bonds is 4. The molecule has 5 aromatic rings. The van der Waals surface area contributed by atoms with Gasteiger partial charge in [-0.3, -0.25) is 9.20 Å². The smallest absolute Gasteiger partial charge is 0.201 e. The molecule has 0 aliphatic rings. The number of ether oxygens (including phenoxy) is 1. The number of nitrogens with zero attached hydrogens (tertiary/aromatic N) is 2. The lowest BCUT2D eigenvalue weighted by molar-refractivity contribution is 0.488. The van der Waals surface area contributed by atoms with Gasteiger partial charge in [0.05, 0.1) is 21.9 Å². The minimum absolute atomic E-state index is 0.0179. The van der Waals surface area contributed by atoms with E-state index in [1.807, 2.05) is 66.7 Å². The van der Waals surface area contributed by atoms with Crippen molar-refractivity contribution in [2.45, 2.75) is 20.3 Å². The second-order valence-electron chi connectivity index (χ2n) is 7.53. The molecule has 0 N–H and O–H groups in total. The predicted molar refractivity (Wildman–Crippen MR) is 113 cm³/mol. The van der Waals surface area contributed by atoms with Crippen molar-refractivity contribution in [2.24, 2.45) is 5.92 Å². The highest BCUT2D eigenvalue weighted by molar-refractivity contribution is 6.04. The first kappa shape index (κ1) is 16.8. The summed E-state index contributed by atoms with van der Waals surface area (Å²) in [6, 6.07) is 21.1. The van der Waals surface area contributed by atoms with Crippen LogP contribution < -0.4 is 10.2 Å². The fraction of sp³-hybridized carbons (Fsp3) is 0.167. The maximum Gasteiger partial charge on any atom is 0.201 e. The maximum atomic E-state index is 13.4. The monoisotopic (exact) mass is 368 g/mol. The fourth-order valence-electron chi connectivity index (χ4n) is 3.87. The molecule has 2 heterocycles. The number of para-hydroxylation sites is 2. The van der Waals surface area contributed by atoms with Crippen LogP contribution in [0.25, 0.3) is 27.3 Å². The lowest BCUT2D eigenvalue weighted by Crippen LogP contribution is -2.09. The number of benzene rings is 3. The molecular formula is C24H20N2O2. The van der Waals surface area contributed by atoms with Gasteiger partial charge in [0, 0.05) is 11.8 Å². The van der Waals surface area contributed by atoms with Gasteiger partial charge in [0.1, 0.15) is 17.3 Å². The molecule has 0 bridgehead atoms. The van der Waals surface area contributed by atoms with Gasteiger partial charge < -0.3 is 4.74 Å². The van der Waals surface area contributed by atoms with Crippen LogP contribution in [0.3, 0.4) is 0 Å². The molecule has 0 amide bonds. The van der Waals surface area contributed by atoms with E-state index < -0.39 is 0 Å². The van der Waals surface area contributed by atoms with Gasteiger partial charge in [-0.25, -0.2) is 4.98 Å². The topological polar surface area (TPSA) is 43.6 Å². The van der Waals surface area contributed by atoms with Crippen LogP contribution in [0.4, 0.5) is 0 Å². The number of fused-ring (bicyclic) bond motifs is 2. The second kappa shape index (κ2) is 6.34. The van der Waals surface area contributed by atoms with Crippen LogP contribution in [-0.2, 0) is 6.42 Å². The van der Waals surface area contributed by atoms with Gasteiger partial charge in [-0.2, -0.15) is 0 Å². The van der Waals surface area contributed by atoms with E-state index in [2.05, 4.69) is 18.2 Å². The average Bonchev–Trinajstić information content (AvgIpc) is 3.05. The molecular weight excluding hydrogens is 348 g/mol. The average molecular weight is 368 g/mol. The summed E-state index contributed by atoms with van der Waals surface area (Å²) in [5.41, 5.74) is 2.55. The highest BCUT2D eigenvalue weighted by Gasteiger charge is 2.21. The standard InChI is InChI=1S/C24H20N2O2/c1-15(2)14-21-25-18-12-13-20(28-16-8-4-3-5-9-16)22-23(18)26(21)19-11-7-6-10-17(19)24(22)27/h3-13,15H,14H2,1-2H3. The molecule has 0 saturated carbocycles. The number of imidazole rings is 1. The lowest BCUT2D eigenvalue weighted by atomic mass is 10.1. The van der Waals surface area contributed by atoms with E-state index in [1.165, 1.54) is 0 Å². The zero-order valence-corrected chi connectivity index (χ0v) is 15.8. The Balaban J connectivity index is 1.90. The van der Waals surface area contributed by atoms with Gasteiger partial charge in [-0.15, -0.1) is 0 Å². The summed E-state index contributed by atoms with van der Waals surface area (Å²) in [6.07, 6.45) is 0.839. The van der Waals surface area contributed by atoms with E-state index in [0.717, 1.165) is 28.8 Å². The normalized spacial score (nSPS) is 11.8. The maximum absolute atomic E-state index is 13.4. The van der Waals surface area contributed by atoms with Crippen LogP contribution in [0.2, 0.25) is 0 Å².